The van der Waals surface area contributed by atoms with E-state index in [1.807, 2.05) is 51.1 Å². The Bertz CT molecular complexity index is 996. The maximum Gasteiger partial charge on any atom is 0.261 e. The van der Waals surface area contributed by atoms with E-state index in [0.717, 1.165) is 28.0 Å². The molecule has 7 nitrogen and oxygen atoms in total. The van der Waals surface area contributed by atoms with Gasteiger partial charge in [-0.15, -0.1) is 0 Å². The van der Waals surface area contributed by atoms with Gasteiger partial charge in [0.1, 0.15) is 11.5 Å². The zero-order valence-electron chi connectivity index (χ0n) is 17.3. The van der Waals surface area contributed by atoms with Crippen molar-refractivity contribution in [3.63, 3.8) is 0 Å². The zero-order valence-corrected chi connectivity index (χ0v) is 17.3. The number of hydrogen-bond acceptors (Lipinski definition) is 6. The van der Waals surface area contributed by atoms with Gasteiger partial charge in [-0.2, -0.15) is 4.98 Å². The number of nitrogens with one attached hydrogen (secondary N) is 1. The third-order valence-corrected chi connectivity index (χ3v) is 4.67. The minimum absolute atomic E-state index is 0.127. The molecule has 0 aliphatic rings. The number of hydrogen-bond donors (Lipinski definition) is 1. The molecule has 0 bridgehead atoms. The number of benzene rings is 2. The van der Waals surface area contributed by atoms with E-state index in [9.17, 15) is 4.79 Å². The molecule has 1 atom stereocenters. The van der Waals surface area contributed by atoms with Crippen LogP contribution in [0.3, 0.4) is 0 Å². The molecule has 1 N–H and O–H groups in total. The Morgan fingerprint density at radius 2 is 1.90 bits per heavy atom. The lowest BCUT2D eigenvalue weighted by Crippen LogP contribution is -2.36. The fourth-order valence-electron chi connectivity index (χ4n) is 2.86. The Morgan fingerprint density at radius 1 is 1.17 bits per heavy atom. The Morgan fingerprint density at radius 3 is 2.59 bits per heavy atom. The summed E-state index contributed by atoms with van der Waals surface area (Å²) in [4.78, 5) is 16.7. The standard InChI is InChI=1S/C22H25N3O4/c1-13-10-14(2)15(3)19(11-13)28-16(4)22(26)23-12-20-24-21(25-29-20)17-6-8-18(27-5)9-7-17/h6-11,16H,12H2,1-5H3,(H,23,26)/t16-/m1/s1. The van der Waals surface area contributed by atoms with Gasteiger partial charge in [0.05, 0.1) is 13.7 Å². The van der Waals surface area contributed by atoms with Crippen molar-refractivity contribution in [2.45, 2.75) is 40.3 Å². The fourth-order valence-corrected chi connectivity index (χ4v) is 2.86. The molecule has 1 amide bonds. The van der Waals surface area contributed by atoms with Gasteiger partial charge >= 0.3 is 0 Å². The lowest BCUT2D eigenvalue weighted by molar-refractivity contribution is -0.127. The van der Waals surface area contributed by atoms with Crippen LogP contribution in [-0.2, 0) is 11.3 Å². The molecule has 0 aliphatic carbocycles. The molecule has 1 heterocycles. The van der Waals surface area contributed by atoms with Gasteiger partial charge < -0.3 is 19.3 Å². The summed E-state index contributed by atoms with van der Waals surface area (Å²) < 4.78 is 16.2. The Kier molecular flexibility index (Phi) is 6.16. The van der Waals surface area contributed by atoms with Crippen molar-refractivity contribution in [3.05, 3.63) is 59.0 Å². The Labute approximate surface area is 170 Å². The van der Waals surface area contributed by atoms with Crippen LogP contribution in [0.15, 0.2) is 40.9 Å². The Balaban J connectivity index is 1.58. The van der Waals surface area contributed by atoms with Crippen molar-refractivity contribution in [3.8, 4) is 22.9 Å². The monoisotopic (exact) mass is 395 g/mol. The minimum Gasteiger partial charge on any atom is -0.497 e. The molecule has 2 aromatic carbocycles. The van der Waals surface area contributed by atoms with Crippen molar-refractivity contribution >= 4 is 5.91 Å². The van der Waals surface area contributed by atoms with Crippen molar-refractivity contribution in [1.29, 1.82) is 0 Å². The number of nitrogens with zero attached hydrogens (tertiary/aromatic N) is 2. The highest BCUT2D eigenvalue weighted by atomic mass is 16.5. The predicted octanol–water partition coefficient (Wildman–Crippen LogP) is 3.75. The van der Waals surface area contributed by atoms with Crippen molar-refractivity contribution in [2.24, 2.45) is 0 Å². The van der Waals surface area contributed by atoms with E-state index >= 15 is 0 Å². The highest BCUT2D eigenvalue weighted by molar-refractivity contribution is 5.80. The second-order valence-corrected chi connectivity index (χ2v) is 6.92. The SMILES string of the molecule is COc1ccc(-c2noc(CNC(=O)[C@@H](C)Oc3cc(C)cc(C)c3C)n2)cc1. The number of amides is 1. The molecule has 3 rings (SSSR count). The summed E-state index contributed by atoms with van der Waals surface area (Å²) in [5.41, 5.74) is 4.04. The van der Waals surface area contributed by atoms with Crippen LogP contribution in [0.2, 0.25) is 0 Å². The molecule has 29 heavy (non-hydrogen) atoms. The first-order chi connectivity index (χ1) is 13.9. The van der Waals surface area contributed by atoms with Crippen LogP contribution in [0.25, 0.3) is 11.4 Å². The van der Waals surface area contributed by atoms with Gasteiger partial charge in [0.2, 0.25) is 11.7 Å². The molecule has 152 valence electrons. The van der Waals surface area contributed by atoms with E-state index in [2.05, 4.69) is 21.5 Å². The third-order valence-electron chi connectivity index (χ3n) is 4.67. The van der Waals surface area contributed by atoms with Gasteiger partial charge in [-0.05, 0) is 74.7 Å². The van der Waals surface area contributed by atoms with E-state index in [1.165, 1.54) is 0 Å². The van der Waals surface area contributed by atoms with E-state index in [0.29, 0.717) is 17.5 Å². The molecule has 0 fully saturated rings. The summed E-state index contributed by atoms with van der Waals surface area (Å²) in [6.07, 6.45) is -0.654. The van der Waals surface area contributed by atoms with E-state index in [4.69, 9.17) is 14.0 Å². The average Bonchev–Trinajstić information content (AvgIpc) is 3.19. The van der Waals surface area contributed by atoms with Crippen LogP contribution in [-0.4, -0.2) is 29.3 Å². The van der Waals surface area contributed by atoms with Gasteiger partial charge in [-0.1, -0.05) is 11.2 Å². The summed E-state index contributed by atoms with van der Waals surface area (Å²) in [7, 11) is 1.61. The van der Waals surface area contributed by atoms with Crippen molar-refractivity contribution in [1.82, 2.24) is 15.5 Å². The molecule has 0 aliphatic heterocycles. The summed E-state index contributed by atoms with van der Waals surface area (Å²) in [5.74, 6) is 1.97. The fraction of sp³-hybridized carbons (Fsp3) is 0.318. The summed E-state index contributed by atoms with van der Waals surface area (Å²) in [6.45, 7) is 7.84. The highest BCUT2D eigenvalue weighted by Crippen LogP contribution is 2.24. The van der Waals surface area contributed by atoms with Gasteiger partial charge in [0, 0.05) is 5.56 Å². The molecule has 0 unspecified atom stereocenters. The van der Waals surface area contributed by atoms with Crippen LogP contribution in [0, 0.1) is 20.8 Å². The summed E-state index contributed by atoms with van der Waals surface area (Å²) >= 11 is 0. The molecular weight excluding hydrogens is 370 g/mol. The van der Waals surface area contributed by atoms with Crippen molar-refractivity contribution < 1.29 is 18.8 Å². The van der Waals surface area contributed by atoms with E-state index < -0.39 is 6.10 Å². The molecule has 0 saturated carbocycles. The molecule has 7 heteroatoms. The molecule has 1 aromatic heterocycles. The number of rotatable bonds is 7. The van der Waals surface area contributed by atoms with Crippen molar-refractivity contribution in [2.75, 3.05) is 7.11 Å². The third kappa shape index (κ3) is 4.93. The summed E-state index contributed by atoms with van der Waals surface area (Å²) in [5, 5.41) is 6.72. The number of methoxy groups -OCH3 is 1. The van der Waals surface area contributed by atoms with Crippen LogP contribution in [0.1, 0.15) is 29.5 Å². The van der Waals surface area contributed by atoms with Gasteiger partial charge in [-0.3, -0.25) is 4.79 Å². The van der Waals surface area contributed by atoms with Gasteiger partial charge in [-0.25, -0.2) is 0 Å². The van der Waals surface area contributed by atoms with Crippen LogP contribution in [0.4, 0.5) is 0 Å². The number of ether oxygens (including phenoxy) is 2. The first kappa shape index (κ1) is 20.4. The quantitative estimate of drug-likeness (QED) is 0.656. The Hall–Kier alpha value is -3.35. The second kappa shape index (κ2) is 8.77. The highest BCUT2D eigenvalue weighted by Gasteiger charge is 2.18. The number of aromatic nitrogens is 2. The normalized spacial score (nSPS) is 11.8. The number of carbonyl (C=O) groups excluding carboxylic acids is 1. The van der Waals surface area contributed by atoms with Gasteiger partial charge in [0.15, 0.2) is 6.10 Å². The number of carbonyl (C=O) groups is 1. The molecule has 0 saturated heterocycles. The maximum atomic E-state index is 12.4. The minimum atomic E-state index is -0.654. The largest absolute Gasteiger partial charge is 0.497 e. The zero-order chi connectivity index (χ0) is 21.0. The summed E-state index contributed by atoms with van der Waals surface area (Å²) in [6, 6.07) is 11.3. The lowest BCUT2D eigenvalue weighted by Gasteiger charge is -2.17. The number of aryl methyl sites for hydroxylation is 2. The van der Waals surface area contributed by atoms with E-state index in [1.54, 1.807) is 14.0 Å². The van der Waals surface area contributed by atoms with Crippen LogP contribution < -0.4 is 14.8 Å². The maximum absolute atomic E-state index is 12.4. The van der Waals surface area contributed by atoms with E-state index in [-0.39, 0.29) is 12.5 Å². The molecular formula is C22H25N3O4. The first-order valence-corrected chi connectivity index (χ1v) is 9.36. The second-order valence-electron chi connectivity index (χ2n) is 6.92. The average molecular weight is 395 g/mol. The van der Waals surface area contributed by atoms with Crippen LogP contribution in [0.5, 0.6) is 11.5 Å². The lowest BCUT2D eigenvalue weighted by atomic mass is 10.1. The first-order valence-electron chi connectivity index (χ1n) is 9.36. The topological polar surface area (TPSA) is 86.5 Å². The predicted molar refractivity (Wildman–Crippen MR) is 109 cm³/mol. The molecule has 3 aromatic rings. The molecule has 0 radical (unpaired) electrons. The van der Waals surface area contributed by atoms with Gasteiger partial charge in [0.25, 0.3) is 5.91 Å². The molecule has 0 spiro atoms. The smallest absolute Gasteiger partial charge is 0.261 e. The van der Waals surface area contributed by atoms with Crippen LogP contribution >= 0.6 is 0 Å².